The molecule has 2 heterocycles. The van der Waals surface area contributed by atoms with Gasteiger partial charge in [-0.2, -0.15) is 0 Å². The first kappa shape index (κ1) is 15.7. The third-order valence-corrected chi connectivity index (χ3v) is 4.10. The molecule has 2 atom stereocenters. The van der Waals surface area contributed by atoms with Crippen molar-refractivity contribution in [2.75, 3.05) is 13.6 Å². The van der Waals surface area contributed by atoms with Gasteiger partial charge in [0, 0.05) is 19.0 Å². The molecule has 1 aliphatic rings. The van der Waals surface area contributed by atoms with Crippen molar-refractivity contribution >= 4 is 23.3 Å². The van der Waals surface area contributed by atoms with Crippen LogP contribution in [0.4, 0.5) is 4.79 Å². The lowest BCUT2D eigenvalue weighted by atomic mass is 10.2. The summed E-state index contributed by atoms with van der Waals surface area (Å²) < 4.78 is 5.33. The number of hydrogen-bond acceptors (Lipinski definition) is 5. The SMILES string of the molecule is Cc1nc(CN(C)C(=O)NCC2CCC(C(=O)O)O2)cs1. The van der Waals surface area contributed by atoms with Gasteiger partial charge in [-0.3, -0.25) is 0 Å². The van der Waals surface area contributed by atoms with Crippen molar-refractivity contribution in [2.24, 2.45) is 0 Å². The number of rotatable bonds is 5. The highest BCUT2D eigenvalue weighted by Gasteiger charge is 2.30. The maximum atomic E-state index is 11.9. The minimum Gasteiger partial charge on any atom is -0.479 e. The molecule has 0 radical (unpaired) electrons. The van der Waals surface area contributed by atoms with E-state index in [4.69, 9.17) is 9.84 Å². The van der Waals surface area contributed by atoms with E-state index in [2.05, 4.69) is 10.3 Å². The minimum absolute atomic E-state index is 0.219. The monoisotopic (exact) mass is 313 g/mol. The van der Waals surface area contributed by atoms with Crippen LogP contribution in [0.5, 0.6) is 0 Å². The van der Waals surface area contributed by atoms with Crippen LogP contribution in [0.3, 0.4) is 0 Å². The summed E-state index contributed by atoms with van der Waals surface area (Å²) in [4.78, 5) is 28.6. The number of aryl methyl sites for hydroxylation is 1. The van der Waals surface area contributed by atoms with Crippen LogP contribution in [0.15, 0.2) is 5.38 Å². The van der Waals surface area contributed by atoms with E-state index < -0.39 is 12.1 Å². The molecule has 2 amide bonds. The lowest BCUT2D eigenvalue weighted by Gasteiger charge is -2.18. The van der Waals surface area contributed by atoms with Crippen molar-refractivity contribution in [1.29, 1.82) is 0 Å². The van der Waals surface area contributed by atoms with Crippen molar-refractivity contribution in [1.82, 2.24) is 15.2 Å². The molecule has 0 bridgehead atoms. The maximum Gasteiger partial charge on any atom is 0.332 e. The van der Waals surface area contributed by atoms with E-state index in [1.807, 2.05) is 12.3 Å². The number of urea groups is 1. The van der Waals surface area contributed by atoms with Gasteiger partial charge >= 0.3 is 12.0 Å². The van der Waals surface area contributed by atoms with Gasteiger partial charge in [-0.15, -0.1) is 11.3 Å². The van der Waals surface area contributed by atoms with Gasteiger partial charge in [-0.25, -0.2) is 14.6 Å². The summed E-state index contributed by atoms with van der Waals surface area (Å²) in [6, 6.07) is -0.219. The van der Waals surface area contributed by atoms with Crippen LogP contribution < -0.4 is 5.32 Å². The van der Waals surface area contributed by atoms with Gasteiger partial charge in [-0.1, -0.05) is 0 Å². The quantitative estimate of drug-likeness (QED) is 0.853. The number of nitrogens with zero attached hydrogens (tertiary/aromatic N) is 2. The predicted molar refractivity (Wildman–Crippen MR) is 77.2 cm³/mol. The molecule has 2 N–H and O–H groups in total. The Kier molecular flexibility index (Phi) is 5.13. The molecule has 8 heteroatoms. The number of nitrogens with one attached hydrogen (secondary N) is 1. The van der Waals surface area contributed by atoms with Gasteiger partial charge in [0.1, 0.15) is 0 Å². The van der Waals surface area contributed by atoms with E-state index in [-0.39, 0.29) is 12.1 Å². The lowest BCUT2D eigenvalue weighted by molar-refractivity contribution is -0.149. The molecule has 116 valence electrons. The van der Waals surface area contributed by atoms with Gasteiger partial charge in [0.25, 0.3) is 0 Å². The van der Waals surface area contributed by atoms with E-state index in [0.29, 0.717) is 25.9 Å². The molecule has 0 aromatic carbocycles. The van der Waals surface area contributed by atoms with Crippen molar-refractivity contribution in [3.8, 4) is 0 Å². The highest BCUT2D eigenvalue weighted by atomic mass is 32.1. The zero-order valence-corrected chi connectivity index (χ0v) is 12.9. The highest BCUT2D eigenvalue weighted by molar-refractivity contribution is 7.09. The zero-order valence-electron chi connectivity index (χ0n) is 12.0. The molecular weight excluding hydrogens is 294 g/mol. The molecule has 1 aliphatic heterocycles. The van der Waals surface area contributed by atoms with Crippen LogP contribution in [0.25, 0.3) is 0 Å². The number of thiazole rings is 1. The van der Waals surface area contributed by atoms with Gasteiger partial charge in [0.05, 0.1) is 23.4 Å². The van der Waals surface area contributed by atoms with E-state index in [0.717, 1.165) is 10.7 Å². The molecule has 2 rings (SSSR count). The fourth-order valence-electron chi connectivity index (χ4n) is 2.17. The van der Waals surface area contributed by atoms with Crippen LogP contribution in [0, 0.1) is 6.92 Å². The fourth-order valence-corrected chi connectivity index (χ4v) is 2.77. The maximum absolute atomic E-state index is 11.9. The number of ether oxygens (including phenoxy) is 1. The zero-order chi connectivity index (χ0) is 15.4. The Balaban J connectivity index is 1.73. The molecule has 2 unspecified atom stereocenters. The van der Waals surface area contributed by atoms with E-state index in [9.17, 15) is 9.59 Å². The number of amides is 2. The molecule has 0 aliphatic carbocycles. The Morgan fingerprint density at radius 3 is 2.90 bits per heavy atom. The Morgan fingerprint density at radius 2 is 2.33 bits per heavy atom. The number of aliphatic carboxylic acids is 1. The number of hydrogen-bond donors (Lipinski definition) is 2. The van der Waals surface area contributed by atoms with Crippen LogP contribution in [0.1, 0.15) is 23.5 Å². The highest BCUT2D eigenvalue weighted by Crippen LogP contribution is 2.19. The van der Waals surface area contributed by atoms with Gasteiger partial charge in [0.2, 0.25) is 0 Å². The minimum atomic E-state index is -0.945. The van der Waals surface area contributed by atoms with Crippen LogP contribution in [-0.2, 0) is 16.1 Å². The Morgan fingerprint density at radius 1 is 1.57 bits per heavy atom. The van der Waals surface area contributed by atoms with Crippen LogP contribution in [-0.4, -0.2) is 52.8 Å². The number of aromatic nitrogens is 1. The van der Waals surface area contributed by atoms with Gasteiger partial charge in [-0.05, 0) is 19.8 Å². The molecule has 0 saturated carbocycles. The van der Waals surface area contributed by atoms with E-state index >= 15 is 0 Å². The molecule has 1 fully saturated rings. The van der Waals surface area contributed by atoms with Gasteiger partial charge < -0.3 is 20.1 Å². The Labute approximate surface area is 126 Å². The van der Waals surface area contributed by atoms with E-state index in [1.54, 1.807) is 18.4 Å². The summed E-state index contributed by atoms with van der Waals surface area (Å²) in [6.07, 6.45) is 0.156. The number of carboxylic acids is 1. The normalized spacial score (nSPS) is 21.2. The molecule has 1 aromatic heterocycles. The van der Waals surface area contributed by atoms with Crippen LogP contribution in [0.2, 0.25) is 0 Å². The second-order valence-corrected chi connectivity index (χ2v) is 6.12. The average molecular weight is 313 g/mol. The summed E-state index contributed by atoms with van der Waals surface area (Å²) >= 11 is 1.55. The Hall–Kier alpha value is -1.67. The molecule has 7 nitrogen and oxygen atoms in total. The molecule has 1 aromatic rings. The van der Waals surface area contributed by atoms with Gasteiger partial charge in [0.15, 0.2) is 6.10 Å². The molecule has 0 spiro atoms. The third-order valence-electron chi connectivity index (χ3n) is 3.28. The van der Waals surface area contributed by atoms with Crippen LogP contribution >= 0.6 is 11.3 Å². The third kappa shape index (κ3) is 4.40. The van der Waals surface area contributed by atoms with Crippen molar-refractivity contribution in [3.05, 3.63) is 16.1 Å². The first-order valence-electron chi connectivity index (χ1n) is 6.74. The average Bonchev–Trinajstić information content (AvgIpc) is 3.05. The first-order chi connectivity index (χ1) is 9.95. The summed E-state index contributed by atoms with van der Waals surface area (Å²) in [7, 11) is 1.69. The van der Waals surface area contributed by atoms with E-state index in [1.165, 1.54) is 4.90 Å². The summed E-state index contributed by atoms with van der Waals surface area (Å²) in [5.74, 6) is -0.945. The Bertz CT molecular complexity index is 519. The van der Waals surface area contributed by atoms with Crippen molar-refractivity contribution in [3.63, 3.8) is 0 Å². The standard InChI is InChI=1S/C13H19N3O4S/c1-8-15-9(7-21-8)6-16(2)13(19)14-5-10-3-4-11(20-10)12(17)18/h7,10-11H,3-6H2,1-2H3,(H,14,19)(H,17,18). The first-order valence-corrected chi connectivity index (χ1v) is 7.62. The van der Waals surface area contributed by atoms with Crippen molar-refractivity contribution < 1.29 is 19.4 Å². The summed E-state index contributed by atoms with van der Waals surface area (Å²) in [5, 5.41) is 14.5. The summed E-state index contributed by atoms with van der Waals surface area (Å²) in [6.45, 7) is 2.69. The topological polar surface area (TPSA) is 91.8 Å². The molecular formula is C13H19N3O4S. The largest absolute Gasteiger partial charge is 0.479 e. The second kappa shape index (κ2) is 6.86. The number of carboxylic acid groups (broad SMARTS) is 1. The molecule has 21 heavy (non-hydrogen) atoms. The lowest BCUT2D eigenvalue weighted by Crippen LogP contribution is -2.40. The van der Waals surface area contributed by atoms with Crippen molar-refractivity contribution in [2.45, 2.75) is 38.5 Å². The summed E-state index contributed by atoms with van der Waals surface area (Å²) in [5.41, 5.74) is 0.859. The smallest absolute Gasteiger partial charge is 0.332 e. The fraction of sp³-hybridized carbons (Fsp3) is 0.615. The second-order valence-electron chi connectivity index (χ2n) is 5.06. The predicted octanol–water partition coefficient (Wildman–Crippen LogP) is 1.23. The number of carbonyl (C=O) groups is 2. The molecule has 1 saturated heterocycles. The number of carbonyl (C=O) groups excluding carboxylic acids is 1.